The minimum atomic E-state index is -1.82. The lowest BCUT2D eigenvalue weighted by atomic mass is 9.33. The average Bonchev–Trinajstić information content (AvgIpc) is 2.98. The summed E-state index contributed by atoms with van der Waals surface area (Å²) in [5.41, 5.74) is -0.721. The molecule has 6 aliphatic rings. The van der Waals surface area contributed by atoms with Gasteiger partial charge >= 0.3 is 11.9 Å². The fraction of sp³-hybridized carbons (Fsp3) is 0.861. The van der Waals surface area contributed by atoms with Crippen LogP contribution in [0.3, 0.4) is 0 Å². The Morgan fingerprint density at radius 2 is 1.54 bits per heavy atom. The molecule has 0 aromatic rings. The van der Waals surface area contributed by atoms with Gasteiger partial charge in [0.15, 0.2) is 12.4 Å². The first-order valence-electron chi connectivity index (χ1n) is 17.3. The molecule has 1 heterocycles. The summed E-state index contributed by atoms with van der Waals surface area (Å²) in [6.07, 6.45) is 1.84. The molecule has 0 amide bonds. The van der Waals surface area contributed by atoms with E-state index in [-0.39, 0.29) is 39.4 Å². The van der Waals surface area contributed by atoms with E-state index in [1.807, 2.05) is 6.92 Å². The monoisotopic (exact) mass is 646 g/mol. The molecule has 0 spiro atoms. The fourth-order valence-electron chi connectivity index (χ4n) is 12.0. The Hall–Kier alpha value is -1.85. The molecule has 4 saturated carbocycles. The Balaban J connectivity index is 1.31. The van der Waals surface area contributed by atoms with Crippen LogP contribution >= 0.6 is 0 Å². The molecular weight excluding hydrogens is 592 g/mol. The van der Waals surface area contributed by atoms with Crippen molar-refractivity contribution in [2.24, 2.45) is 50.2 Å². The van der Waals surface area contributed by atoms with Gasteiger partial charge in [0.2, 0.25) is 0 Å². The molecule has 258 valence electrons. The molecule has 6 rings (SSSR count). The van der Waals surface area contributed by atoms with Crippen LogP contribution in [0, 0.1) is 50.2 Å². The predicted molar refractivity (Wildman–Crippen MR) is 166 cm³/mol. The smallest absolute Gasteiger partial charge is 0.335 e. The molecule has 5 fully saturated rings. The van der Waals surface area contributed by atoms with Crippen LogP contribution in [0.25, 0.3) is 0 Å². The summed E-state index contributed by atoms with van der Waals surface area (Å²) < 4.78 is 11.7. The van der Waals surface area contributed by atoms with E-state index in [1.165, 1.54) is 5.57 Å². The van der Waals surface area contributed by atoms with Crippen molar-refractivity contribution < 1.29 is 49.4 Å². The summed E-state index contributed by atoms with van der Waals surface area (Å²) in [5.74, 6) is -1.92. The van der Waals surface area contributed by atoms with Crippen LogP contribution < -0.4 is 0 Å². The highest BCUT2D eigenvalue weighted by molar-refractivity contribution is 5.76. The Labute approximate surface area is 271 Å². The number of carboxylic acids is 2. The number of carbonyl (C=O) groups excluding carboxylic acids is 1. The van der Waals surface area contributed by atoms with Crippen molar-refractivity contribution in [2.75, 3.05) is 0 Å². The minimum Gasteiger partial charge on any atom is -0.481 e. The van der Waals surface area contributed by atoms with Gasteiger partial charge in [-0.15, -0.1) is 0 Å². The maximum Gasteiger partial charge on any atom is 0.335 e. The quantitative estimate of drug-likeness (QED) is 0.165. The summed E-state index contributed by atoms with van der Waals surface area (Å²) in [7, 11) is 0. The number of ether oxygens (including phenoxy) is 2. The number of aliphatic hydroxyl groups excluding tert-OH is 3. The zero-order valence-electron chi connectivity index (χ0n) is 28.2. The van der Waals surface area contributed by atoms with Crippen LogP contribution in [0.5, 0.6) is 0 Å². The molecule has 0 aromatic carbocycles. The van der Waals surface area contributed by atoms with Gasteiger partial charge in [-0.3, -0.25) is 4.79 Å². The van der Waals surface area contributed by atoms with Gasteiger partial charge in [0.25, 0.3) is 0 Å². The molecular formula is C36H54O10. The number of rotatable bonds is 5. The molecule has 5 aliphatic carbocycles. The second-order valence-corrected chi connectivity index (χ2v) is 17.6. The van der Waals surface area contributed by atoms with Crippen LogP contribution in [-0.4, -0.2) is 80.6 Å². The van der Waals surface area contributed by atoms with Crippen molar-refractivity contribution >= 4 is 18.2 Å². The predicted octanol–water partition coefficient (Wildman–Crippen LogP) is 4.33. The van der Waals surface area contributed by atoms with Crippen molar-refractivity contribution in [3.63, 3.8) is 0 Å². The van der Waals surface area contributed by atoms with Gasteiger partial charge in [0, 0.05) is 0 Å². The van der Waals surface area contributed by atoms with Crippen LogP contribution in [0.2, 0.25) is 0 Å². The van der Waals surface area contributed by atoms with E-state index in [9.17, 15) is 39.9 Å². The Morgan fingerprint density at radius 3 is 2.17 bits per heavy atom. The van der Waals surface area contributed by atoms with E-state index in [0.29, 0.717) is 12.8 Å². The first-order chi connectivity index (χ1) is 21.3. The standard InChI is InChI=1S/C36H54O10/c1-31(2)13-15-36(30(43)44)16-14-34(5)19(20(36)17-31)7-8-22-32(3)11-10-23(33(4,18-37)21(32)9-12-35(22,34)6)45-29-26(40)24(38)25(39)27(46-29)28(41)42/h7,18,20-27,29,38-40H,8-17H2,1-6H3,(H,41,42)(H,43,44)/t20-,21-,22+,23-,24-,25-,26+,27-,29-,32-,33-,34+,35+,36-/m0/s1. The molecule has 0 radical (unpaired) electrons. The van der Waals surface area contributed by atoms with E-state index in [4.69, 9.17) is 9.47 Å². The topological polar surface area (TPSA) is 171 Å². The van der Waals surface area contributed by atoms with E-state index in [2.05, 4.69) is 40.7 Å². The number of allylic oxidation sites excluding steroid dienone is 2. The highest BCUT2D eigenvalue weighted by atomic mass is 16.7. The van der Waals surface area contributed by atoms with Gasteiger partial charge in [0.1, 0.15) is 24.6 Å². The molecule has 46 heavy (non-hydrogen) atoms. The van der Waals surface area contributed by atoms with E-state index < -0.39 is 59.6 Å². The van der Waals surface area contributed by atoms with Gasteiger partial charge in [-0.1, -0.05) is 53.2 Å². The van der Waals surface area contributed by atoms with Crippen LogP contribution in [-0.2, 0) is 23.9 Å². The number of aliphatic hydroxyl groups is 3. The summed E-state index contributed by atoms with van der Waals surface area (Å²) in [6.45, 7) is 13.5. The summed E-state index contributed by atoms with van der Waals surface area (Å²) >= 11 is 0. The molecule has 0 aromatic heterocycles. The maximum atomic E-state index is 13.1. The van der Waals surface area contributed by atoms with Gasteiger partial charge in [-0.2, -0.15) is 0 Å². The highest BCUT2D eigenvalue weighted by Gasteiger charge is 2.70. The lowest BCUT2D eigenvalue weighted by molar-refractivity contribution is -0.321. The fourth-order valence-corrected chi connectivity index (χ4v) is 12.0. The number of hydrogen-bond acceptors (Lipinski definition) is 8. The molecule has 14 atom stereocenters. The van der Waals surface area contributed by atoms with Crippen LogP contribution in [0.4, 0.5) is 0 Å². The Morgan fingerprint density at radius 1 is 0.870 bits per heavy atom. The second kappa shape index (κ2) is 10.8. The minimum absolute atomic E-state index is 0.0191. The zero-order valence-corrected chi connectivity index (χ0v) is 28.2. The van der Waals surface area contributed by atoms with Gasteiger partial charge in [-0.05, 0) is 104 Å². The lowest BCUT2D eigenvalue weighted by Crippen LogP contribution is -2.67. The summed E-state index contributed by atoms with van der Waals surface area (Å²) in [4.78, 5) is 37.7. The van der Waals surface area contributed by atoms with Gasteiger partial charge in [-0.25, -0.2) is 4.79 Å². The van der Waals surface area contributed by atoms with E-state index in [1.54, 1.807) is 0 Å². The molecule has 10 heteroatoms. The third-order valence-electron chi connectivity index (χ3n) is 15.1. The number of fused-ring (bicyclic) bond motifs is 7. The SMILES string of the molecule is CC1(C)CC[C@]2(C(=O)O)CC[C@]3(C)C(=CC[C@@H]4[C@@]5(C)CC[C@H](O[C@H]6O[C@H](C(=O)O)[C@@H](O)[C@H](O)[C@H]6O)[C@@](C)(C=O)[C@H]5CC[C@]43C)[C@@H]2C1. The van der Waals surface area contributed by atoms with Gasteiger partial charge in [0.05, 0.1) is 16.9 Å². The molecule has 0 bridgehead atoms. The van der Waals surface area contributed by atoms with E-state index in [0.717, 1.165) is 57.7 Å². The number of carbonyl (C=O) groups is 3. The largest absolute Gasteiger partial charge is 0.481 e. The maximum absolute atomic E-state index is 13.1. The number of carboxylic acid groups (broad SMARTS) is 2. The van der Waals surface area contributed by atoms with Crippen molar-refractivity contribution in [3.05, 3.63) is 11.6 Å². The highest BCUT2D eigenvalue weighted by Crippen LogP contribution is 2.75. The Bertz CT molecular complexity index is 1310. The lowest BCUT2D eigenvalue weighted by Gasteiger charge is -2.71. The Kier molecular flexibility index (Phi) is 8.01. The number of aliphatic carboxylic acids is 2. The first kappa shape index (κ1) is 34.0. The molecule has 0 unspecified atom stereocenters. The molecule has 1 saturated heterocycles. The van der Waals surface area contributed by atoms with E-state index >= 15 is 0 Å². The van der Waals surface area contributed by atoms with Crippen LogP contribution in [0.1, 0.15) is 106 Å². The average molecular weight is 647 g/mol. The molecule has 1 aliphatic heterocycles. The zero-order chi connectivity index (χ0) is 33.8. The number of aldehydes is 1. The first-order valence-corrected chi connectivity index (χ1v) is 17.3. The third-order valence-corrected chi connectivity index (χ3v) is 15.1. The summed E-state index contributed by atoms with van der Waals surface area (Å²) in [6, 6.07) is 0. The van der Waals surface area contributed by atoms with Crippen LogP contribution in [0.15, 0.2) is 11.6 Å². The normalized spacial score (nSPS) is 53.0. The molecule has 10 nitrogen and oxygen atoms in total. The third kappa shape index (κ3) is 4.49. The molecule has 5 N–H and O–H groups in total. The number of hydrogen-bond donors (Lipinski definition) is 5. The van der Waals surface area contributed by atoms with Crippen molar-refractivity contribution in [2.45, 2.75) is 143 Å². The van der Waals surface area contributed by atoms with Crippen molar-refractivity contribution in [1.82, 2.24) is 0 Å². The second-order valence-electron chi connectivity index (χ2n) is 17.6. The summed E-state index contributed by atoms with van der Waals surface area (Å²) in [5, 5.41) is 51.3. The van der Waals surface area contributed by atoms with Gasteiger partial charge < -0.3 is 39.8 Å². The van der Waals surface area contributed by atoms with Crippen molar-refractivity contribution in [3.8, 4) is 0 Å². The van der Waals surface area contributed by atoms with Crippen molar-refractivity contribution in [1.29, 1.82) is 0 Å².